The molecule has 6 rings (SSSR count). The van der Waals surface area contributed by atoms with E-state index in [2.05, 4.69) is 69.5 Å². The molecule has 1 saturated carbocycles. The minimum Gasteiger partial charge on any atom is -0.344 e. The number of aromatic amines is 1. The van der Waals surface area contributed by atoms with Gasteiger partial charge in [0.05, 0.1) is 29.3 Å². The van der Waals surface area contributed by atoms with Crippen molar-refractivity contribution in [3.8, 4) is 22.4 Å². The zero-order chi connectivity index (χ0) is 21.2. The fourth-order valence-electron chi connectivity index (χ4n) is 4.17. The molecule has 0 bridgehead atoms. The maximum atomic E-state index is 5.00. The number of pyridine rings is 1. The smallest absolute Gasteiger partial charge is 0.156 e. The van der Waals surface area contributed by atoms with E-state index < -0.39 is 0 Å². The number of fused-ring (bicyclic) bond motifs is 2. The van der Waals surface area contributed by atoms with Crippen LogP contribution in [0.1, 0.15) is 45.2 Å². The minimum absolute atomic E-state index is 0.0405. The van der Waals surface area contributed by atoms with Gasteiger partial charge in [0.25, 0.3) is 0 Å². The second kappa shape index (κ2) is 6.48. The van der Waals surface area contributed by atoms with E-state index in [4.69, 9.17) is 4.98 Å². The van der Waals surface area contributed by atoms with Crippen molar-refractivity contribution >= 4 is 22.2 Å². The van der Waals surface area contributed by atoms with Crippen molar-refractivity contribution in [1.82, 2.24) is 29.5 Å². The van der Waals surface area contributed by atoms with E-state index in [9.17, 15) is 0 Å². The summed E-state index contributed by atoms with van der Waals surface area (Å²) < 4.78 is 2.22. The summed E-state index contributed by atoms with van der Waals surface area (Å²) in [6, 6.07) is 10.6. The number of aromatic nitrogens is 6. The van der Waals surface area contributed by atoms with Gasteiger partial charge in [0.15, 0.2) is 5.65 Å². The van der Waals surface area contributed by atoms with Crippen molar-refractivity contribution in [3.05, 3.63) is 60.9 Å². The number of benzene rings is 1. The topological polar surface area (TPSA) is 72.3 Å². The molecule has 0 radical (unpaired) electrons. The molecule has 5 aromatic rings. The molecule has 4 aromatic heterocycles. The first-order chi connectivity index (χ1) is 15.0. The molecule has 1 N–H and O–H groups in total. The Balaban J connectivity index is 1.48. The lowest BCUT2D eigenvalue weighted by atomic mass is 10.1. The van der Waals surface area contributed by atoms with E-state index in [0.717, 1.165) is 50.3 Å². The molecule has 0 atom stereocenters. The van der Waals surface area contributed by atoms with Gasteiger partial charge in [-0.05, 0) is 63.4 Å². The van der Waals surface area contributed by atoms with Gasteiger partial charge < -0.3 is 9.55 Å². The molecule has 1 aliphatic carbocycles. The Kier molecular flexibility index (Phi) is 3.81. The number of hydrogen-bond donors (Lipinski definition) is 1. The summed E-state index contributed by atoms with van der Waals surface area (Å²) in [7, 11) is 0. The highest BCUT2D eigenvalue weighted by atomic mass is 15.1. The Labute approximate surface area is 180 Å². The molecule has 1 aliphatic rings. The van der Waals surface area contributed by atoms with E-state index in [0.29, 0.717) is 5.92 Å². The molecule has 4 heterocycles. The van der Waals surface area contributed by atoms with Crippen LogP contribution in [-0.4, -0.2) is 29.5 Å². The average Bonchev–Trinajstić information content (AvgIpc) is 3.38. The highest BCUT2D eigenvalue weighted by Gasteiger charge is 2.25. The first-order valence-electron chi connectivity index (χ1n) is 10.8. The van der Waals surface area contributed by atoms with Gasteiger partial charge in [-0.2, -0.15) is 0 Å². The lowest BCUT2D eigenvalue weighted by Gasteiger charge is -2.21. The third kappa shape index (κ3) is 3.10. The second-order valence-corrected chi connectivity index (χ2v) is 9.39. The van der Waals surface area contributed by atoms with Gasteiger partial charge in [-0.25, -0.2) is 15.0 Å². The fourth-order valence-corrected chi connectivity index (χ4v) is 4.17. The summed E-state index contributed by atoms with van der Waals surface area (Å²) in [5.74, 6) is 0.610. The van der Waals surface area contributed by atoms with Gasteiger partial charge in [-0.1, -0.05) is 6.07 Å². The second-order valence-electron chi connectivity index (χ2n) is 9.39. The van der Waals surface area contributed by atoms with E-state index >= 15 is 0 Å². The van der Waals surface area contributed by atoms with Crippen molar-refractivity contribution < 1.29 is 0 Å². The van der Waals surface area contributed by atoms with Crippen LogP contribution < -0.4 is 0 Å². The van der Waals surface area contributed by atoms with Crippen molar-refractivity contribution in [2.75, 3.05) is 0 Å². The summed E-state index contributed by atoms with van der Waals surface area (Å²) in [4.78, 5) is 22.0. The lowest BCUT2D eigenvalue weighted by Crippen LogP contribution is -2.20. The molecule has 0 saturated heterocycles. The molecule has 0 unspecified atom stereocenters. The normalized spacial score (nSPS) is 14.5. The van der Waals surface area contributed by atoms with Gasteiger partial charge in [0, 0.05) is 40.7 Å². The Morgan fingerprint density at radius 1 is 1.00 bits per heavy atom. The Morgan fingerprint density at radius 2 is 1.87 bits per heavy atom. The highest BCUT2D eigenvalue weighted by Crippen LogP contribution is 2.40. The molecule has 6 heteroatoms. The van der Waals surface area contributed by atoms with Gasteiger partial charge >= 0.3 is 0 Å². The van der Waals surface area contributed by atoms with Crippen LogP contribution in [0.5, 0.6) is 0 Å². The predicted molar refractivity (Wildman–Crippen MR) is 123 cm³/mol. The zero-order valence-corrected chi connectivity index (χ0v) is 17.9. The lowest BCUT2D eigenvalue weighted by molar-refractivity contribution is 0.408. The number of hydrogen-bond acceptors (Lipinski definition) is 4. The van der Waals surface area contributed by atoms with Crippen molar-refractivity contribution in [3.63, 3.8) is 0 Å². The summed E-state index contributed by atoms with van der Waals surface area (Å²) in [5, 5.41) is 0. The Bertz CT molecular complexity index is 1430. The van der Waals surface area contributed by atoms with Gasteiger partial charge in [-0.15, -0.1) is 0 Å². The number of rotatable bonds is 3. The van der Waals surface area contributed by atoms with Crippen LogP contribution in [0.4, 0.5) is 0 Å². The first-order valence-corrected chi connectivity index (χ1v) is 10.8. The van der Waals surface area contributed by atoms with Crippen LogP contribution in [0.25, 0.3) is 44.6 Å². The molecular weight excluding hydrogens is 384 g/mol. The van der Waals surface area contributed by atoms with Crippen molar-refractivity contribution in [2.24, 2.45) is 0 Å². The number of nitrogens with one attached hydrogen (secondary N) is 1. The third-order valence-corrected chi connectivity index (χ3v) is 6.03. The summed E-state index contributed by atoms with van der Waals surface area (Å²) in [5.41, 5.74) is 8.99. The SMILES string of the molecule is CC(C)(C)n1cnc2ccc(-c3c[nH]c4ncc(-c5ccnc(C6CC6)c5)nc34)cc21. The average molecular weight is 409 g/mol. The minimum atomic E-state index is -0.0405. The van der Waals surface area contributed by atoms with Crippen molar-refractivity contribution in [1.29, 1.82) is 0 Å². The van der Waals surface area contributed by atoms with Crippen LogP contribution in [0.15, 0.2) is 55.2 Å². The maximum Gasteiger partial charge on any atom is 0.156 e. The molecule has 0 aliphatic heterocycles. The highest BCUT2D eigenvalue weighted by molar-refractivity contribution is 5.94. The molecule has 0 amide bonds. The standard InChI is InChI=1S/C25H24N6/c1-25(2,3)31-14-29-19-7-6-16(11-22(19)31)18-12-27-24-23(18)30-21(13-28-24)17-8-9-26-20(10-17)15-4-5-15/h6-15H,4-5H2,1-3H3,(H,27,28). The van der Waals surface area contributed by atoms with E-state index in [1.54, 1.807) is 0 Å². The molecule has 154 valence electrons. The van der Waals surface area contributed by atoms with Crippen LogP contribution >= 0.6 is 0 Å². The first kappa shape index (κ1) is 18.2. The predicted octanol–water partition coefficient (Wildman–Crippen LogP) is 5.67. The zero-order valence-electron chi connectivity index (χ0n) is 17.9. The van der Waals surface area contributed by atoms with Crippen LogP contribution in [-0.2, 0) is 5.54 Å². The quantitative estimate of drug-likeness (QED) is 0.417. The largest absolute Gasteiger partial charge is 0.344 e. The molecule has 1 aromatic carbocycles. The number of H-pyrrole nitrogens is 1. The molecular formula is C25H24N6. The summed E-state index contributed by atoms with van der Waals surface area (Å²) >= 11 is 0. The van der Waals surface area contributed by atoms with E-state index in [-0.39, 0.29) is 5.54 Å². The summed E-state index contributed by atoms with van der Waals surface area (Å²) in [6.07, 6.45) is 10.1. The third-order valence-electron chi connectivity index (χ3n) is 6.03. The fraction of sp³-hybridized carbons (Fsp3) is 0.280. The molecule has 31 heavy (non-hydrogen) atoms. The number of nitrogens with zero attached hydrogens (tertiary/aromatic N) is 5. The van der Waals surface area contributed by atoms with Crippen molar-refractivity contribution in [2.45, 2.75) is 45.1 Å². The van der Waals surface area contributed by atoms with Gasteiger partial charge in [-0.3, -0.25) is 4.98 Å². The van der Waals surface area contributed by atoms with Gasteiger partial charge in [0.2, 0.25) is 0 Å². The van der Waals surface area contributed by atoms with Crippen LogP contribution in [0, 0.1) is 0 Å². The monoisotopic (exact) mass is 408 g/mol. The van der Waals surface area contributed by atoms with Gasteiger partial charge in [0.1, 0.15) is 5.52 Å². The van der Waals surface area contributed by atoms with E-state index in [1.807, 2.05) is 31.0 Å². The molecule has 1 fully saturated rings. The molecule has 6 nitrogen and oxygen atoms in total. The van der Waals surface area contributed by atoms with Crippen LogP contribution in [0.3, 0.4) is 0 Å². The summed E-state index contributed by atoms with van der Waals surface area (Å²) in [6.45, 7) is 6.57. The van der Waals surface area contributed by atoms with Crippen LogP contribution in [0.2, 0.25) is 0 Å². The number of imidazole rings is 1. The molecule has 0 spiro atoms. The Hall–Kier alpha value is -3.54. The maximum absolute atomic E-state index is 5.00. The Morgan fingerprint density at radius 3 is 2.68 bits per heavy atom. The van der Waals surface area contributed by atoms with E-state index in [1.165, 1.54) is 12.8 Å².